The molecule has 0 unspecified atom stereocenters. The van der Waals surface area contributed by atoms with Gasteiger partial charge in [0.1, 0.15) is 0 Å². The van der Waals surface area contributed by atoms with Gasteiger partial charge in [-0.05, 0) is 41.7 Å². The first kappa shape index (κ1) is 16.7. The van der Waals surface area contributed by atoms with E-state index in [1.54, 1.807) is 17.4 Å². The Kier molecular flexibility index (Phi) is 5.51. The summed E-state index contributed by atoms with van der Waals surface area (Å²) in [7, 11) is 0. The molecule has 1 amide bonds. The number of likely N-dealkylation sites (tertiary alicyclic amines) is 1. The number of ether oxygens (including phenoxy) is 2. The third-order valence-corrected chi connectivity index (χ3v) is 5.63. The molecule has 0 aliphatic carbocycles. The summed E-state index contributed by atoms with van der Waals surface area (Å²) in [5, 5.41) is 4.08. The highest BCUT2D eigenvalue weighted by atomic mass is 32.1. The van der Waals surface area contributed by atoms with Crippen LogP contribution in [-0.4, -0.2) is 49.8 Å². The molecule has 0 spiro atoms. The van der Waals surface area contributed by atoms with Crippen LogP contribution in [0.2, 0.25) is 0 Å². The third kappa shape index (κ3) is 3.84. The Morgan fingerprint density at radius 2 is 2.52 bits per heavy atom. The monoisotopic (exact) mass is 335 g/mol. The Bertz CT molecular complexity index is 530. The number of hydrogen-bond donors (Lipinski definition) is 0. The molecule has 0 aromatic carbocycles. The predicted molar refractivity (Wildman–Crippen MR) is 91.6 cm³/mol. The van der Waals surface area contributed by atoms with Crippen LogP contribution in [0.25, 0.3) is 0 Å². The number of nitrogens with zero attached hydrogens (tertiary/aromatic N) is 1. The van der Waals surface area contributed by atoms with Crippen molar-refractivity contribution >= 4 is 17.2 Å². The molecule has 3 heterocycles. The second kappa shape index (κ2) is 7.60. The third-order valence-electron chi connectivity index (χ3n) is 4.90. The minimum Gasteiger partial charge on any atom is -0.377 e. The van der Waals surface area contributed by atoms with Crippen LogP contribution in [0.5, 0.6) is 0 Å². The average Bonchev–Trinajstić information content (AvgIpc) is 3.07. The fraction of sp³-hybridized carbons (Fsp3) is 0.611. The number of piperidine rings is 1. The Labute approximate surface area is 142 Å². The summed E-state index contributed by atoms with van der Waals surface area (Å²) >= 11 is 1.64. The number of fused-ring (bicyclic) bond motifs is 1. The van der Waals surface area contributed by atoms with Gasteiger partial charge in [0, 0.05) is 25.1 Å². The van der Waals surface area contributed by atoms with E-state index in [-0.39, 0.29) is 17.4 Å². The fourth-order valence-corrected chi connectivity index (χ4v) is 4.41. The Hall–Kier alpha value is -1.17. The summed E-state index contributed by atoms with van der Waals surface area (Å²) in [6.07, 6.45) is 5.51. The molecule has 0 saturated carbocycles. The highest BCUT2D eigenvalue weighted by Crippen LogP contribution is 2.40. The number of thiophene rings is 1. The smallest absolute Gasteiger partial charge is 0.227 e. The molecule has 2 atom stereocenters. The van der Waals surface area contributed by atoms with Gasteiger partial charge in [0.25, 0.3) is 0 Å². The van der Waals surface area contributed by atoms with Crippen LogP contribution in [0, 0.1) is 5.41 Å². The molecule has 0 bridgehead atoms. The van der Waals surface area contributed by atoms with E-state index in [9.17, 15) is 4.79 Å². The first-order valence-corrected chi connectivity index (χ1v) is 9.27. The number of rotatable bonds is 6. The van der Waals surface area contributed by atoms with Crippen LogP contribution < -0.4 is 0 Å². The number of carbonyl (C=O) groups is 1. The van der Waals surface area contributed by atoms with Gasteiger partial charge in [0.2, 0.25) is 5.91 Å². The molecule has 2 aliphatic heterocycles. The van der Waals surface area contributed by atoms with Gasteiger partial charge in [-0.1, -0.05) is 6.08 Å². The van der Waals surface area contributed by atoms with Crippen molar-refractivity contribution in [3.63, 3.8) is 0 Å². The zero-order valence-corrected chi connectivity index (χ0v) is 14.4. The lowest BCUT2D eigenvalue weighted by Gasteiger charge is -2.50. The van der Waals surface area contributed by atoms with Crippen molar-refractivity contribution in [1.29, 1.82) is 0 Å². The van der Waals surface area contributed by atoms with Crippen molar-refractivity contribution in [2.75, 3.05) is 32.9 Å². The second-order valence-electron chi connectivity index (χ2n) is 6.54. The first-order chi connectivity index (χ1) is 11.2. The Balaban J connectivity index is 1.67. The van der Waals surface area contributed by atoms with E-state index < -0.39 is 0 Å². The summed E-state index contributed by atoms with van der Waals surface area (Å²) in [4.78, 5) is 14.7. The van der Waals surface area contributed by atoms with Crippen molar-refractivity contribution in [3.8, 4) is 0 Å². The van der Waals surface area contributed by atoms with Crippen molar-refractivity contribution in [2.24, 2.45) is 5.41 Å². The molecule has 1 aromatic heterocycles. The van der Waals surface area contributed by atoms with Crippen LogP contribution in [-0.2, 0) is 20.7 Å². The second-order valence-corrected chi connectivity index (χ2v) is 7.32. The molecule has 23 heavy (non-hydrogen) atoms. The molecule has 0 N–H and O–H groups in total. The molecule has 4 nitrogen and oxygen atoms in total. The van der Waals surface area contributed by atoms with Crippen LogP contribution >= 0.6 is 11.3 Å². The minimum atomic E-state index is -0.0518. The van der Waals surface area contributed by atoms with Gasteiger partial charge in [0.15, 0.2) is 0 Å². The van der Waals surface area contributed by atoms with Crippen LogP contribution in [0.1, 0.15) is 24.8 Å². The van der Waals surface area contributed by atoms with E-state index in [4.69, 9.17) is 9.47 Å². The van der Waals surface area contributed by atoms with Crippen molar-refractivity contribution in [2.45, 2.75) is 31.8 Å². The lowest BCUT2D eigenvalue weighted by atomic mass is 9.73. The van der Waals surface area contributed by atoms with Crippen LogP contribution in [0.15, 0.2) is 29.5 Å². The average molecular weight is 335 g/mol. The van der Waals surface area contributed by atoms with E-state index in [2.05, 4.69) is 12.0 Å². The molecule has 1 aromatic rings. The van der Waals surface area contributed by atoms with Crippen molar-refractivity contribution < 1.29 is 14.3 Å². The van der Waals surface area contributed by atoms with Gasteiger partial charge in [-0.25, -0.2) is 0 Å². The maximum absolute atomic E-state index is 12.6. The minimum absolute atomic E-state index is 0.0518. The molecule has 126 valence electrons. The molecule has 2 fully saturated rings. The highest BCUT2D eigenvalue weighted by Gasteiger charge is 2.47. The SMILES string of the molecule is C=CCOC[C@]12CCCO[C@@H]1CCN(C(=O)Cc1ccsc1)C2. The molecule has 2 aliphatic rings. The van der Waals surface area contributed by atoms with Crippen LogP contribution in [0.3, 0.4) is 0 Å². The summed E-state index contributed by atoms with van der Waals surface area (Å²) < 4.78 is 11.8. The molecular formula is C18H25NO3S. The number of carbonyl (C=O) groups excluding carboxylic acids is 1. The Morgan fingerprint density at radius 3 is 3.30 bits per heavy atom. The van der Waals surface area contributed by atoms with E-state index in [0.29, 0.717) is 19.6 Å². The van der Waals surface area contributed by atoms with Crippen molar-refractivity contribution in [1.82, 2.24) is 4.90 Å². The molecule has 0 radical (unpaired) electrons. The Morgan fingerprint density at radius 1 is 1.61 bits per heavy atom. The molecular weight excluding hydrogens is 310 g/mol. The molecule has 5 heteroatoms. The lowest BCUT2D eigenvalue weighted by molar-refractivity contribution is -0.163. The van der Waals surface area contributed by atoms with Gasteiger partial charge < -0.3 is 14.4 Å². The largest absolute Gasteiger partial charge is 0.377 e. The lowest BCUT2D eigenvalue weighted by Crippen LogP contribution is -2.58. The van der Waals surface area contributed by atoms with Gasteiger partial charge in [-0.3, -0.25) is 4.79 Å². The maximum atomic E-state index is 12.6. The normalized spacial score (nSPS) is 27.5. The number of amides is 1. The summed E-state index contributed by atoms with van der Waals surface area (Å²) in [5.41, 5.74) is 1.06. The zero-order chi connectivity index (χ0) is 16.1. The summed E-state index contributed by atoms with van der Waals surface area (Å²) in [6.45, 7) is 7.27. The van der Waals surface area contributed by atoms with Gasteiger partial charge in [-0.15, -0.1) is 6.58 Å². The van der Waals surface area contributed by atoms with E-state index in [0.717, 1.165) is 44.5 Å². The van der Waals surface area contributed by atoms with E-state index >= 15 is 0 Å². The molecule has 3 rings (SSSR count). The topological polar surface area (TPSA) is 38.8 Å². The van der Waals surface area contributed by atoms with Gasteiger partial charge in [-0.2, -0.15) is 11.3 Å². The quantitative estimate of drug-likeness (QED) is 0.593. The van der Waals surface area contributed by atoms with E-state index in [1.807, 2.05) is 16.3 Å². The standard InChI is InChI=1S/C18H25NO3S/c1-2-8-21-14-18-6-3-9-22-16(18)4-7-19(13-18)17(20)11-15-5-10-23-12-15/h2,5,10,12,16H,1,3-4,6-9,11,13-14H2/t16-,18-/m1/s1. The first-order valence-electron chi connectivity index (χ1n) is 8.33. The zero-order valence-electron chi connectivity index (χ0n) is 13.5. The molecule has 2 saturated heterocycles. The van der Waals surface area contributed by atoms with Crippen molar-refractivity contribution in [3.05, 3.63) is 35.0 Å². The van der Waals surface area contributed by atoms with Gasteiger partial charge in [0.05, 0.1) is 25.7 Å². The van der Waals surface area contributed by atoms with Gasteiger partial charge >= 0.3 is 0 Å². The fourth-order valence-electron chi connectivity index (χ4n) is 3.74. The maximum Gasteiger partial charge on any atom is 0.227 e. The summed E-state index contributed by atoms with van der Waals surface area (Å²) in [6, 6.07) is 2.03. The summed E-state index contributed by atoms with van der Waals surface area (Å²) in [5.74, 6) is 0.218. The number of hydrogen-bond acceptors (Lipinski definition) is 4. The highest BCUT2D eigenvalue weighted by molar-refractivity contribution is 7.07. The van der Waals surface area contributed by atoms with Crippen LogP contribution in [0.4, 0.5) is 0 Å². The van der Waals surface area contributed by atoms with E-state index in [1.165, 1.54) is 0 Å². The predicted octanol–water partition coefficient (Wildman–Crippen LogP) is 2.89.